The average Bonchev–Trinajstić information content (AvgIpc) is 2.42. The molecule has 3 heteroatoms. The summed E-state index contributed by atoms with van der Waals surface area (Å²) < 4.78 is 1.06. The predicted octanol–water partition coefficient (Wildman–Crippen LogP) is 4.75. The molecule has 0 aromatic heterocycles. The summed E-state index contributed by atoms with van der Waals surface area (Å²) in [5.74, 6) is 0. The Morgan fingerprint density at radius 2 is 1.74 bits per heavy atom. The number of halogens is 2. The maximum Gasteiger partial charge on any atom is 0.0542 e. The molecule has 0 aliphatic heterocycles. The van der Waals surface area contributed by atoms with Gasteiger partial charge in [-0.05, 0) is 64.3 Å². The fourth-order valence-corrected chi connectivity index (χ4v) is 2.55. The normalized spacial score (nSPS) is 12.4. The lowest BCUT2D eigenvalue weighted by Gasteiger charge is -2.13. The Morgan fingerprint density at radius 1 is 1.11 bits per heavy atom. The van der Waals surface area contributed by atoms with Crippen LogP contribution in [-0.4, -0.2) is 0 Å². The van der Waals surface area contributed by atoms with E-state index in [9.17, 15) is 0 Å². The molecule has 1 unspecified atom stereocenters. The molecule has 0 amide bonds. The van der Waals surface area contributed by atoms with Crippen LogP contribution in [-0.2, 0) is 12.8 Å². The minimum Gasteiger partial charge on any atom is -0.324 e. The highest BCUT2D eigenvalue weighted by atomic mass is 127. The molecule has 19 heavy (non-hydrogen) atoms. The molecular formula is C16H17ClIN. The van der Waals surface area contributed by atoms with Gasteiger partial charge in [-0.2, -0.15) is 0 Å². The number of hydrogen-bond donors (Lipinski definition) is 1. The second-order valence-electron chi connectivity index (χ2n) is 4.65. The van der Waals surface area contributed by atoms with Crippen molar-refractivity contribution >= 4 is 34.2 Å². The van der Waals surface area contributed by atoms with Crippen LogP contribution in [0.4, 0.5) is 0 Å². The van der Waals surface area contributed by atoms with Crippen molar-refractivity contribution in [3.8, 4) is 0 Å². The Morgan fingerprint density at radius 3 is 2.32 bits per heavy atom. The summed E-state index contributed by atoms with van der Waals surface area (Å²) >= 11 is 8.36. The second kappa shape index (κ2) is 6.73. The van der Waals surface area contributed by atoms with E-state index in [1.807, 2.05) is 12.1 Å². The molecule has 0 spiro atoms. The van der Waals surface area contributed by atoms with Crippen LogP contribution in [0, 0.1) is 3.57 Å². The highest BCUT2D eigenvalue weighted by molar-refractivity contribution is 14.1. The van der Waals surface area contributed by atoms with Gasteiger partial charge in [-0.1, -0.05) is 48.9 Å². The Bertz CT molecular complexity index is 551. The van der Waals surface area contributed by atoms with Gasteiger partial charge in [-0.25, -0.2) is 0 Å². The molecule has 0 aliphatic rings. The van der Waals surface area contributed by atoms with Gasteiger partial charge in [0.1, 0.15) is 0 Å². The molecule has 2 aromatic rings. The smallest absolute Gasteiger partial charge is 0.0542 e. The van der Waals surface area contributed by atoms with Crippen LogP contribution in [0.2, 0.25) is 5.02 Å². The predicted molar refractivity (Wildman–Crippen MR) is 90.6 cm³/mol. The maximum atomic E-state index is 6.26. The summed E-state index contributed by atoms with van der Waals surface area (Å²) in [5, 5.41) is 0.773. The van der Waals surface area contributed by atoms with E-state index >= 15 is 0 Å². The van der Waals surface area contributed by atoms with Gasteiger partial charge in [-0.3, -0.25) is 0 Å². The molecule has 0 saturated carbocycles. The van der Waals surface area contributed by atoms with Crippen LogP contribution in [0.3, 0.4) is 0 Å². The molecule has 2 aromatic carbocycles. The molecule has 0 aliphatic carbocycles. The SMILES string of the molecule is CCc1ccc(CC(N)c2ccc(I)c(Cl)c2)cc1. The molecule has 1 atom stereocenters. The fourth-order valence-electron chi connectivity index (χ4n) is 2.03. The van der Waals surface area contributed by atoms with Gasteiger partial charge < -0.3 is 5.73 Å². The lowest BCUT2D eigenvalue weighted by molar-refractivity contribution is 0.721. The minimum atomic E-state index is -0.0121. The third-order valence-electron chi connectivity index (χ3n) is 3.26. The van der Waals surface area contributed by atoms with Crippen molar-refractivity contribution in [1.29, 1.82) is 0 Å². The first-order valence-corrected chi connectivity index (χ1v) is 7.84. The fraction of sp³-hybridized carbons (Fsp3) is 0.250. The largest absolute Gasteiger partial charge is 0.324 e. The van der Waals surface area contributed by atoms with E-state index < -0.39 is 0 Å². The highest BCUT2D eigenvalue weighted by Crippen LogP contribution is 2.24. The first-order valence-electron chi connectivity index (χ1n) is 6.38. The van der Waals surface area contributed by atoms with Gasteiger partial charge in [-0.15, -0.1) is 0 Å². The summed E-state index contributed by atoms with van der Waals surface area (Å²) in [7, 11) is 0. The summed E-state index contributed by atoms with van der Waals surface area (Å²) in [6, 6.07) is 14.7. The van der Waals surface area contributed by atoms with E-state index in [2.05, 4.69) is 59.8 Å². The van der Waals surface area contributed by atoms with Crippen molar-refractivity contribution in [2.24, 2.45) is 5.73 Å². The van der Waals surface area contributed by atoms with Gasteiger partial charge in [0.15, 0.2) is 0 Å². The lowest BCUT2D eigenvalue weighted by Crippen LogP contribution is -2.13. The summed E-state index contributed by atoms with van der Waals surface area (Å²) in [6.45, 7) is 2.16. The van der Waals surface area contributed by atoms with Gasteiger partial charge in [0.25, 0.3) is 0 Å². The lowest BCUT2D eigenvalue weighted by atomic mass is 9.99. The number of rotatable bonds is 4. The monoisotopic (exact) mass is 385 g/mol. The van der Waals surface area contributed by atoms with E-state index in [-0.39, 0.29) is 6.04 Å². The van der Waals surface area contributed by atoms with E-state index in [1.54, 1.807) is 0 Å². The average molecular weight is 386 g/mol. The van der Waals surface area contributed by atoms with Crippen LogP contribution in [0.15, 0.2) is 42.5 Å². The molecule has 1 nitrogen and oxygen atoms in total. The molecule has 0 fully saturated rings. The Labute approximate surface area is 133 Å². The minimum absolute atomic E-state index is 0.0121. The van der Waals surface area contributed by atoms with Gasteiger partial charge in [0, 0.05) is 9.61 Å². The van der Waals surface area contributed by atoms with E-state index in [1.165, 1.54) is 11.1 Å². The van der Waals surface area contributed by atoms with Crippen molar-refractivity contribution in [3.63, 3.8) is 0 Å². The van der Waals surface area contributed by atoms with E-state index in [0.717, 1.165) is 27.0 Å². The second-order valence-corrected chi connectivity index (χ2v) is 6.22. The zero-order chi connectivity index (χ0) is 13.8. The number of benzene rings is 2. The molecule has 100 valence electrons. The van der Waals surface area contributed by atoms with E-state index in [0.29, 0.717) is 0 Å². The Kier molecular flexibility index (Phi) is 5.25. The molecule has 0 saturated heterocycles. The third-order valence-corrected chi connectivity index (χ3v) is 4.83. The van der Waals surface area contributed by atoms with Crippen LogP contribution >= 0.6 is 34.2 Å². The topological polar surface area (TPSA) is 26.0 Å². The van der Waals surface area contributed by atoms with Gasteiger partial charge in [0.05, 0.1) is 5.02 Å². The van der Waals surface area contributed by atoms with Crippen molar-refractivity contribution < 1.29 is 0 Å². The molecule has 0 bridgehead atoms. The van der Waals surface area contributed by atoms with Gasteiger partial charge >= 0.3 is 0 Å². The van der Waals surface area contributed by atoms with Crippen LogP contribution < -0.4 is 5.73 Å². The van der Waals surface area contributed by atoms with Crippen LogP contribution in [0.1, 0.15) is 29.7 Å². The number of aryl methyl sites for hydroxylation is 1. The highest BCUT2D eigenvalue weighted by Gasteiger charge is 2.09. The van der Waals surface area contributed by atoms with Gasteiger partial charge in [0.2, 0.25) is 0 Å². The summed E-state index contributed by atoms with van der Waals surface area (Å²) in [6.07, 6.45) is 1.90. The van der Waals surface area contributed by atoms with Crippen LogP contribution in [0.25, 0.3) is 0 Å². The van der Waals surface area contributed by atoms with E-state index in [4.69, 9.17) is 17.3 Å². The summed E-state index contributed by atoms with van der Waals surface area (Å²) in [5.41, 5.74) is 9.96. The van der Waals surface area contributed by atoms with Crippen LogP contribution in [0.5, 0.6) is 0 Å². The maximum absolute atomic E-state index is 6.26. The van der Waals surface area contributed by atoms with Crippen molar-refractivity contribution in [2.75, 3.05) is 0 Å². The van der Waals surface area contributed by atoms with Crippen molar-refractivity contribution in [2.45, 2.75) is 25.8 Å². The third kappa shape index (κ3) is 3.94. The van der Waals surface area contributed by atoms with Crippen molar-refractivity contribution in [3.05, 3.63) is 67.7 Å². The standard InChI is InChI=1S/C16H17ClIN/c1-2-11-3-5-12(6-4-11)9-16(19)13-7-8-15(18)14(17)10-13/h3-8,10,16H,2,9,19H2,1H3. The summed E-state index contributed by atoms with van der Waals surface area (Å²) in [4.78, 5) is 0. The molecular weight excluding hydrogens is 369 g/mol. The Balaban J connectivity index is 2.10. The number of nitrogens with two attached hydrogens (primary N) is 1. The molecule has 0 heterocycles. The number of hydrogen-bond acceptors (Lipinski definition) is 1. The first-order chi connectivity index (χ1) is 9.10. The molecule has 0 radical (unpaired) electrons. The molecule has 2 N–H and O–H groups in total. The Hall–Kier alpha value is -0.580. The zero-order valence-electron chi connectivity index (χ0n) is 10.9. The quantitative estimate of drug-likeness (QED) is 0.755. The molecule has 2 rings (SSSR count). The first kappa shape index (κ1) is 14.8. The van der Waals surface area contributed by atoms with Crippen molar-refractivity contribution in [1.82, 2.24) is 0 Å². The zero-order valence-corrected chi connectivity index (χ0v) is 13.8.